The van der Waals surface area contributed by atoms with Crippen molar-refractivity contribution in [1.82, 2.24) is 9.97 Å². The van der Waals surface area contributed by atoms with Crippen LogP contribution in [-0.4, -0.2) is 16.7 Å². The summed E-state index contributed by atoms with van der Waals surface area (Å²) in [7, 11) is 0. The molecule has 0 fully saturated rings. The van der Waals surface area contributed by atoms with Crippen LogP contribution in [0, 0.1) is 32.7 Å². The summed E-state index contributed by atoms with van der Waals surface area (Å²) in [4.78, 5) is 8.76. The van der Waals surface area contributed by atoms with Gasteiger partial charge in [-0.05, 0) is 82.5 Å². The summed E-state index contributed by atoms with van der Waals surface area (Å²) in [6.45, 7) is -3.57. The van der Waals surface area contributed by atoms with E-state index in [0.29, 0.717) is 45.1 Å². The molecule has 0 aliphatic carbocycles. The fraction of sp³-hybridized carbons (Fsp3) is 0.130. The van der Waals surface area contributed by atoms with Crippen molar-refractivity contribution >= 4 is 23.1 Å². The molecule has 52 heavy (non-hydrogen) atoms. The van der Waals surface area contributed by atoms with Gasteiger partial charge in [0.25, 0.3) is 0 Å². The van der Waals surface area contributed by atoms with Crippen LogP contribution in [0.2, 0.25) is 0 Å². The normalized spacial score (nSPS) is 15.6. The van der Waals surface area contributed by atoms with E-state index in [1.54, 1.807) is 32.0 Å². The molecule has 2 aliphatic heterocycles. The third-order valence-electron chi connectivity index (χ3n) is 9.04. The SMILES string of the molecule is [2H]C([2H])([2H])c1c[c-]c(-c2cc(-c3ccccc3)c(C([2H])([2H])[2H])cn2)cc1.[2H]C([2H])([2H])c1cnc(-c2[c-]ccc3c2Oc2cccc4c2B3c2ccccc2O4)cc1C([2H])(C)C.[Ir]. The van der Waals surface area contributed by atoms with E-state index in [1.165, 1.54) is 24.5 Å². The number of aromatic nitrogens is 2. The number of fused-ring (bicyclic) bond motifs is 4. The van der Waals surface area contributed by atoms with Crippen LogP contribution >= 0.6 is 0 Å². The molecule has 0 atom stereocenters. The predicted octanol–water partition coefficient (Wildman–Crippen LogP) is 9.54. The molecular formula is C46H37BIrN2O2-2. The first-order valence-corrected chi connectivity index (χ1v) is 16.5. The van der Waals surface area contributed by atoms with Crippen LogP contribution in [0.25, 0.3) is 33.6 Å². The maximum Gasteiger partial charge on any atom is 0.241 e. The minimum Gasteiger partial charge on any atom is -0.503 e. The number of pyridine rings is 2. The molecule has 0 amide bonds. The molecule has 2 aromatic heterocycles. The predicted molar refractivity (Wildman–Crippen MR) is 208 cm³/mol. The van der Waals surface area contributed by atoms with Crippen molar-refractivity contribution in [2.24, 2.45) is 0 Å². The van der Waals surface area contributed by atoms with Crippen LogP contribution in [0.1, 0.15) is 55.7 Å². The van der Waals surface area contributed by atoms with Crippen LogP contribution in [0.15, 0.2) is 128 Å². The maximum atomic E-state index is 8.58. The van der Waals surface area contributed by atoms with Crippen LogP contribution in [0.4, 0.5) is 0 Å². The largest absolute Gasteiger partial charge is 0.503 e. The van der Waals surface area contributed by atoms with Crippen molar-refractivity contribution in [3.05, 3.63) is 162 Å². The summed E-state index contributed by atoms with van der Waals surface area (Å²) in [6, 6.07) is 41.0. The number of para-hydroxylation sites is 1. The first-order valence-electron chi connectivity index (χ1n) is 21.5. The number of nitrogens with zero attached hydrogens (tertiary/aromatic N) is 2. The summed E-state index contributed by atoms with van der Waals surface area (Å²) in [5, 5.41) is 0. The number of aryl methyl sites for hydroxylation is 3. The van der Waals surface area contributed by atoms with E-state index < -0.39 is 26.4 Å². The molecule has 5 aromatic carbocycles. The Hall–Kier alpha value is -5.29. The topological polar surface area (TPSA) is 44.2 Å². The van der Waals surface area contributed by atoms with E-state index in [-0.39, 0.29) is 43.5 Å². The summed E-state index contributed by atoms with van der Waals surface area (Å²) < 4.78 is 90.5. The fourth-order valence-corrected chi connectivity index (χ4v) is 6.58. The number of hydrogen-bond acceptors (Lipinski definition) is 4. The van der Waals surface area contributed by atoms with Crippen LogP contribution < -0.4 is 25.9 Å². The van der Waals surface area contributed by atoms with E-state index in [1.807, 2.05) is 78.9 Å². The Kier molecular flexibility index (Phi) is 7.04. The van der Waals surface area contributed by atoms with Crippen molar-refractivity contribution in [2.75, 3.05) is 0 Å². The van der Waals surface area contributed by atoms with Gasteiger partial charge >= 0.3 is 0 Å². The molecule has 0 unspecified atom stereocenters. The second kappa shape index (κ2) is 14.8. The molecular weight excluding hydrogens is 816 g/mol. The molecule has 4 nitrogen and oxygen atoms in total. The van der Waals surface area contributed by atoms with E-state index in [2.05, 4.69) is 28.2 Å². The molecule has 0 saturated heterocycles. The summed E-state index contributed by atoms with van der Waals surface area (Å²) in [6.07, 6.45) is 2.72. The van der Waals surface area contributed by atoms with E-state index in [4.69, 9.17) is 23.2 Å². The van der Waals surface area contributed by atoms with Crippen molar-refractivity contribution in [2.45, 2.75) is 40.3 Å². The zero-order chi connectivity index (χ0) is 43.5. The average molecular weight is 863 g/mol. The third kappa shape index (κ3) is 6.61. The molecule has 2 aliphatic rings. The van der Waals surface area contributed by atoms with Crippen molar-refractivity contribution in [1.29, 1.82) is 0 Å². The van der Waals surface area contributed by atoms with Gasteiger partial charge in [0.15, 0.2) is 0 Å². The molecule has 4 heterocycles. The Balaban J connectivity index is 0.000000192. The monoisotopic (exact) mass is 863 g/mol. The molecule has 7 aromatic rings. The molecule has 9 rings (SSSR count). The Labute approximate surface area is 334 Å². The molecule has 6 heteroatoms. The van der Waals surface area contributed by atoms with Crippen molar-refractivity contribution < 1.29 is 43.3 Å². The molecule has 0 spiro atoms. The Morgan fingerprint density at radius 3 is 2.23 bits per heavy atom. The number of benzene rings is 5. The van der Waals surface area contributed by atoms with E-state index in [0.717, 1.165) is 33.5 Å². The third-order valence-corrected chi connectivity index (χ3v) is 9.04. The van der Waals surface area contributed by atoms with Crippen LogP contribution in [-0.2, 0) is 20.1 Å². The van der Waals surface area contributed by atoms with Crippen molar-refractivity contribution in [3.63, 3.8) is 0 Å². The van der Waals surface area contributed by atoms with Crippen molar-refractivity contribution in [3.8, 4) is 56.6 Å². The minimum absolute atomic E-state index is 0. The zero-order valence-electron chi connectivity index (χ0n) is 38.2. The van der Waals surface area contributed by atoms with Gasteiger partial charge in [0.2, 0.25) is 6.71 Å². The summed E-state index contributed by atoms with van der Waals surface area (Å²) in [5.74, 6) is 1.78. The minimum atomic E-state index is -2.36. The van der Waals surface area contributed by atoms with Gasteiger partial charge in [0.1, 0.15) is 17.2 Å². The van der Waals surface area contributed by atoms with E-state index >= 15 is 0 Å². The fourth-order valence-electron chi connectivity index (χ4n) is 6.58. The van der Waals surface area contributed by atoms with Gasteiger partial charge in [0.05, 0.1) is 0 Å². The van der Waals surface area contributed by atoms with Gasteiger partial charge in [-0.1, -0.05) is 93.0 Å². The van der Waals surface area contributed by atoms with Gasteiger partial charge in [-0.15, -0.1) is 59.1 Å². The molecule has 0 N–H and O–H groups in total. The van der Waals surface area contributed by atoms with Gasteiger partial charge < -0.3 is 19.4 Å². The smallest absolute Gasteiger partial charge is 0.241 e. The number of rotatable bonds is 4. The van der Waals surface area contributed by atoms with Crippen LogP contribution in [0.5, 0.6) is 23.0 Å². The standard InChI is InChI=1S/C27H21BNO2.C19H16N.Ir/c1-16(2)19-14-22(29-15-17(19)3)18-8-6-10-21-27(18)31-25-13-7-12-24-26(25)28(21)20-9-4-5-11-23(20)30-24;1-14-8-10-17(11-9-14)19-12-18(15(2)13-20-19)16-6-4-3-5-7-16;/h4-7,9-16H,1-3H3;3-10,12-13H,1-2H3;/q2*-1;/i3D3,16D;1D3,2D3;. The summed E-state index contributed by atoms with van der Waals surface area (Å²) >= 11 is 0. The Morgan fingerprint density at radius 2 is 1.46 bits per heavy atom. The number of hydrogen-bond donors (Lipinski definition) is 0. The molecule has 1 radical (unpaired) electrons. The summed E-state index contributed by atoms with van der Waals surface area (Å²) in [5.41, 5.74) is 7.49. The second-order valence-electron chi connectivity index (χ2n) is 12.6. The maximum absolute atomic E-state index is 8.58. The molecule has 257 valence electrons. The Morgan fingerprint density at radius 1 is 0.712 bits per heavy atom. The quantitative estimate of drug-likeness (QED) is 0.131. The molecule has 0 saturated carbocycles. The van der Waals surface area contributed by atoms with Gasteiger partial charge in [0, 0.05) is 57.4 Å². The van der Waals surface area contributed by atoms with Gasteiger partial charge in [-0.25, -0.2) is 0 Å². The first-order chi connectivity index (χ1) is 28.8. The van der Waals surface area contributed by atoms with E-state index in [9.17, 15) is 0 Å². The Bertz CT molecular complexity index is 2770. The van der Waals surface area contributed by atoms with Gasteiger partial charge in [-0.2, -0.15) is 0 Å². The van der Waals surface area contributed by atoms with Crippen LogP contribution in [0.3, 0.4) is 0 Å². The number of ether oxygens (including phenoxy) is 2. The average Bonchev–Trinajstić information content (AvgIpc) is 3.22. The first kappa shape index (κ1) is 24.8. The zero-order valence-corrected chi connectivity index (χ0v) is 30.6. The second-order valence-corrected chi connectivity index (χ2v) is 12.6. The molecule has 0 bridgehead atoms. The van der Waals surface area contributed by atoms with Gasteiger partial charge in [-0.3, -0.25) is 0 Å².